The van der Waals surface area contributed by atoms with Gasteiger partial charge in [0.15, 0.2) is 5.96 Å². The molecule has 8 heteroatoms. The molecule has 0 spiro atoms. The van der Waals surface area contributed by atoms with Crippen LogP contribution in [0.1, 0.15) is 26.3 Å². The topological polar surface area (TPSA) is 73.3 Å². The molecule has 0 radical (unpaired) electrons. The Morgan fingerprint density at radius 2 is 1.58 bits per heavy atom. The van der Waals surface area contributed by atoms with Crippen molar-refractivity contribution < 1.29 is 18.9 Å². The second kappa shape index (κ2) is 12.1. The zero-order valence-corrected chi connectivity index (χ0v) is 19.1. The first kappa shape index (κ1) is 24.6. The minimum Gasteiger partial charge on any atom is -0.496 e. The van der Waals surface area contributed by atoms with Gasteiger partial charge in [-0.05, 0) is 20.8 Å². The summed E-state index contributed by atoms with van der Waals surface area (Å²) in [5.74, 6) is 2.72. The molecule has 150 valence electrons. The van der Waals surface area contributed by atoms with Gasteiger partial charge in [0.05, 0.1) is 39.0 Å². The fraction of sp³-hybridized carbons (Fsp3) is 0.611. The largest absolute Gasteiger partial charge is 0.496 e. The Bertz CT molecular complexity index is 555. The number of nitrogens with one attached hydrogen (secondary N) is 2. The maximum absolute atomic E-state index is 5.46. The Hall–Kier alpha value is -1.42. The van der Waals surface area contributed by atoms with E-state index in [2.05, 4.69) is 15.6 Å². The highest BCUT2D eigenvalue weighted by Crippen LogP contribution is 2.34. The Labute approximate surface area is 173 Å². The third kappa shape index (κ3) is 7.45. The molecule has 0 aliphatic heterocycles. The van der Waals surface area contributed by atoms with E-state index in [1.165, 1.54) is 0 Å². The number of halogens is 1. The molecule has 26 heavy (non-hydrogen) atoms. The average molecular weight is 481 g/mol. The van der Waals surface area contributed by atoms with Gasteiger partial charge in [0, 0.05) is 32.3 Å². The van der Waals surface area contributed by atoms with Crippen LogP contribution < -0.4 is 24.8 Å². The molecule has 0 bridgehead atoms. The summed E-state index contributed by atoms with van der Waals surface area (Å²) >= 11 is 0. The smallest absolute Gasteiger partial charge is 0.191 e. The number of rotatable bonds is 9. The molecule has 2 N–H and O–H groups in total. The van der Waals surface area contributed by atoms with Gasteiger partial charge < -0.3 is 29.6 Å². The lowest BCUT2D eigenvalue weighted by Crippen LogP contribution is -2.45. The number of nitrogens with zero attached hydrogens (tertiary/aromatic N) is 1. The van der Waals surface area contributed by atoms with Crippen molar-refractivity contribution in [2.45, 2.75) is 32.9 Å². The average Bonchev–Trinajstić information content (AvgIpc) is 2.63. The molecule has 0 aliphatic carbocycles. The molecule has 0 aromatic heterocycles. The van der Waals surface area contributed by atoms with E-state index < -0.39 is 0 Å². The van der Waals surface area contributed by atoms with Gasteiger partial charge in [0.2, 0.25) is 0 Å². The van der Waals surface area contributed by atoms with E-state index in [1.54, 1.807) is 28.4 Å². The van der Waals surface area contributed by atoms with Crippen LogP contribution in [-0.2, 0) is 11.3 Å². The predicted octanol–water partition coefficient (Wildman–Crippen LogP) is 2.81. The molecule has 1 rings (SSSR count). The summed E-state index contributed by atoms with van der Waals surface area (Å²) < 4.78 is 21.6. The van der Waals surface area contributed by atoms with Gasteiger partial charge in [-0.2, -0.15) is 0 Å². The molecule has 0 heterocycles. The maximum Gasteiger partial charge on any atom is 0.191 e. The van der Waals surface area contributed by atoms with E-state index in [0.29, 0.717) is 36.3 Å². The number of aliphatic imine (C=N–C) groups is 1. The second-order valence-electron chi connectivity index (χ2n) is 6.02. The Kier molecular flexibility index (Phi) is 11.4. The zero-order chi connectivity index (χ0) is 18.9. The van der Waals surface area contributed by atoms with Crippen molar-refractivity contribution in [3.63, 3.8) is 0 Å². The summed E-state index contributed by atoms with van der Waals surface area (Å²) in [6.45, 7) is 7.84. The fourth-order valence-corrected chi connectivity index (χ4v) is 2.10. The Morgan fingerprint density at radius 3 is 2.00 bits per heavy atom. The van der Waals surface area contributed by atoms with Crippen molar-refractivity contribution in [3.8, 4) is 17.2 Å². The van der Waals surface area contributed by atoms with Crippen LogP contribution in [0.4, 0.5) is 0 Å². The second-order valence-corrected chi connectivity index (χ2v) is 6.02. The van der Waals surface area contributed by atoms with E-state index in [4.69, 9.17) is 18.9 Å². The summed E-state index contributed by atoms with van der Waals surface area (Å²) in [5, 5.41) is 6.51. The van der Waals surface area contributed by atoms with Crippen LogP contribution >= 0.6 is 24.0 Å². The third-order valence-electron chi connectivity index (χ3n) is 3.79. The number of methoxy groups -OCH3 is 4. The molecule has 1 aromatic rings. The predicted molar refractivity (Wildman–Crippen MR) is 115 cm³/mol. The third-order valence-corrected chi connectivity index (χ3v) is 3.79. The van der Waals surface area contributed by atoms with E-state index in [0.717, 1.165) is 12.1 Å². The molecular weight excluding hydrogens is 449 g/mol. The quantitative estimate of drug-likeness (QED) is 0.321. The molecular formula is C18H32IN3O4. The number of guanidine groups is 1. The lowest BCUT2D eigenvalue weighted by Gasteiger charge is -2.24. The van der Waals surface area contributed by atoms with Gasteiger partial charge >= 0.3 is 0 Å². The van der Waals surface area contributed by atoms with Gasteiger partial charge in [0.25, 0.3) is 0 Å². The highest BCUT2D eigenvalue weighted by molar-refractivity contribution is 14.0. The Morgan fingerprint density at radius 1 is 1.00 bits per heavy atom. The van der Waals surface area contributed by atoms with Crippen LogP contribution in [-0.4, -0.2) is 53.1 Å². The van der Waals surface area contributed by atoms with Crippen LogP contribution in [0.15, 0.2) is 17.1 Å². The first-order valence-corrected chi connectivity index (χ1v) is 8.27. The van der Waals surface area contributed by atoms with E-state index in [9.17, 15) is 0 Å². The molecule has 0 unspecified atom stereocenters. The normalized spacial score (nSPS) is 11.4. The molecule has 0 amide bonds. The summed E-state index contributed by atoms with van der Waals surface area (Å²) in [6, 6.07) is 3.64. The molecule has 0 fully saturated rings. The number of hydrogen-bond acceptors (Lipinski definition) is 5. The summed E-state index contributed by atoms with van der Waals surface area (Å²) in [4.78, 5) is 4.63. The van der Waals surface area contributed by atoms with Gasteiger partial charge in [-0.15, -0.1) is 24.0 Å². The lowest BCUT2D eigenvalue weighted by atomic mass is 10.1. The van der Waals surface area contributed by atoms with Crippen LogP contribution in [0.25, 0.3) is 0 Å². The van der Waals surface area contributed by atoms with Gasteiger partial charge in [-0.3, -0.25) is 0 Å². The summed E-state index contributed by atoms with van der Waals surface area (Å²) in [5.41, 5.74) is 0.570. The number of benzene rings is 1. The lowest BCUT2D eigenvalue weighted by molar-refractivity contribution is 0.0268. The molecule has 7 nitrogen and oxygen atoms in total. The van der Waals surface area contributed by atoms with Crippen molar-refractivity contribution in [1.29, 1.82) is 0 Å². The monoisotopic (exact) mass is 481 g/mol. The molecule has 0 saturated heterocycles. The zero-order valence-electron chi connectivity index (χ0n) is 16.8. The van der Waals surface area contributed by atoms with Crippen molar-refractivity contribution in [2.75, 3.05) is 41.5 Å². The molecule has 0 atom stereocenters. The SMILES string of the molecule is CCNC(=NCc1c(OC)cc(OC)cc1OC)NCC(C)(C)OC.I. The van der Waals surface area contributed by atoms with Crippen LogP contribution in [0.2, 0.25) is 0 Å². The standard InChI is InChI=1S/C18H31N3O4.HI/c1-8-19-17(21-12-18(2,3)25-7)20-11-14-15(23-5)9-13(22-4)10-16(14)24-6;/h9-10H,8,11-12H2,1-7H3,(H2,19,20,21);1H. The highest BCUT2D eigenvalue weighted by Gasteiger charge is 2.17. The van der Waals surface area contributed by atoms with Crippen molar-refractivity contribution in [3.05, 3.63) is 17.7 Å². The minimum absolute atomic E-state index is 0. The molecule has 1 aromatic carbocycles. The fourth-order valence-electron chi connectivity index (χ4n) is 2.10. The van der Waals surface area contributed by atoms with Gasteiger partial charge in [0.1, 0.15) is 17.2 Å². The highest BCUT2D eigenvalue weighted by atomic mass is 127. The van der Waals surface area contributed by atoms with Gasteiger partial charge in [-0.25, -0.2) is 4.99 Å². The molecule has 0 saturated carbocycles. The number of ether oxygens (including phenoxy) is 4. The van der Waals surface area contributed by atoms with Crippen molar-refractivity contribution in [2.24, 2.45) is 4.99 Å². The van der Waals surface area contributed by atoms with Crippen LogP contribution in [0, 0.1) is 0 Å². The minimum atomic E-state index is -0.286. The van der Waals surface area contributed by atoms with Crippen molar-refractivity contribution >= 4 is 29.9 Å². The first-order chi connectivity index (χ1) is 11.9. The van der Waals surface area contributed by atoms with E-state index >= 15 is 0 Å². The van der Waals surface area contributed by atoms with E-state index in [1.807, 2.05) is 32.9 Å². The first-order valence-electron chi connectivity index (χ1n) is 8.27. The number of hydrogen-bond donors (Lipinski definition) is 2. The molecule has 0 aliphatic rings. The van der Waals surface area contributed by atoms with E-state index in [-0.39, 0.29) is 29.6 Å². The van der Waals surface area contributed by atoms with Crippen LogP contribution in [0.3, 0.4) is 0 Å². The van der Waals surface area contributed by atoms with Crippen molar-refractivity contribution in [1.82, 2.24) is 10.6 Å². The summed E-state index contributed by atoms with van der Waals surface area (Å²) in [7, 11) is 6.54. The summed E-state index contributed by atoms with van der Waals surface area (Å²) in [6.07, 6.45) is 0. The maximum atomic E-state index is 5.46. The Balaban J connectivity index is 0.00000625. The van der Waals surface area contributed by atoms with Crippen LogP contribution in [0.5, 0.6) is 17.2 Å². The van der Waals surface area contributed by atoms with Gasteiger partial charge in [-0.1, -0.05) is 0 Å².